The Balaban J connectivity index is 1.50. The van der Waals surface area contributed by atoms with Crippen LogP contribution in [0, 0.1) is 0 Å². The second-order valence-corrected chi connectivity index (χ2v) is 6.37. The number of fused-ring (bicyclic) bond motifs is 1. The molecule has 0 bridgehead atoms. The van der Waals surface area contributed by atoms with Crippen molar-refractivity contribution < 1.29 is 5.11 Å². The van der Waals surface area contributed by atoms with Gasteiger partial charge in [-0.25, -0.2) is 4.68 Å². The van der Waals surface area contributed by atoms with Crippen LogP contribution in [0.4, 0.5) is 0 Å². The summed E-state index contributed by atoms with van der Waals surface area (Å²) in [6.07, 6.45) is 5.66. The summed E-state index contributed by atoms with van der Waals surface area (Å²) in [5, 5.41) is 17.9. The lowest BCUT2D eigenvalue weighted by Gasteiger charge is -2.30. The summed E-state index contributed by atoms with van der Waals surface area (Å²) in [6, 6.07) is 18.7. The van der Waals surface area contributed by atoms with Crippen LogP contribution in [0.15, 0.2) is 67.0 Å². The van der Waals surface area contributed by atoms with Crippen LogP contribution >= 0.6 is 0 Å². The molecule has 0 saturated carbocycles. The number of nitrogens with zero attached hydrogens (tertiary/aromatic N) is 2. The SMILES string of the molecule is OCC1(NCc2ccc(-n3cccn3)cc2)CCc2ccccc21. The van der Waals surface area contributed by atoms with Gasteiger partial charge in [-0.05, 0) is 47.7 Å². The van der Waals surface area contributed by atoms with E-state index >= 15 is 0 Å². The third kappa shape index (κ3) is 2.64. The third-order valence-electron chi connectivity index (χ3n) is 4.96. The van der Waals surface area contributed by atoms with Crippen molar-refractivity contribution in [1.82, 2.24) is 15.1 Å². The molecule has 4 heteroatoms. The molecule has 2 N–H and O–H groups in total. The molecule has 4 rings (SSSR count). The second-order valence-electron chi connectivity index (χ2n) is 6.37. The minimum absolute atomic E-state index is 0.120. The summed E-state index contributed by atoms with van der Waals surface area (Å²) in [4.78, 5) is 0. The van der Waals surface area contributed by atoms with Crippen LogP contribution in [0.1, 0.15) is 23.1 Å². The highest BCUT2D eigenvalue weighted by Gasteiger charge is 2.37. The standard InChI is InChI=1S/C20H21N3O/c24-15-20(11-10-17-4-1-2-5-19(17)20)21-14-16-6-8-18(9-7-16)23-13-3-12-22-23/h1-9,12-13,21,24H,10-11,14-15H2. The summed E-state index contributed by atoms with van der Waals surface area (Å²) >= 11 is 0. The highest BCUT2D eigenvalue weighted by Crippen LogP contribution is 2.36. The van der Waals surface area contributed by atoms with E-state index in [4.69, 9.17) is 0 Å². The van der Waals surface area contributed by atoms with Crippen LogP contribution in [0.3, 0.4) is 0 Å². The quantitative estimate of drug-likeness (QED) is 0.760. The van der Waals surface area contributed by atoms with Crippen molar-refractivity contribution in [2.75, 3.05) is 6.61 Å². The van der Waals surface area contributed by atoms with Gasteiger partial charge in [0.2, 0.25) is 0 Å². The van der Waals surface area contributed by atoms with Crippen molar-refractivity contribution in [1.29, 1.82) is 0 Å². The number of benzene rings is 2. The monoisotopic (exact) mass is 319 g/mol. The molecule has 0 amide bonds. The molecule has 3 aromatic rings. The van der Waals surface area contributed by atoms with E-state index in [0.29, 0.717) is 0 Å². The zero-order valence-corrected chi connectivity index (χ0v) is 13.5. The van der Waals surface area contributed by atoms with Crippen molar-refractivity contribution in [2.24, 2.45) is 0 Å². The number of nitrogens with one attached hydrogen (secondary N) is 1. The number of aromatic nitrogens is 2. The lowest BCUT2D eigenvalue weighted by atomic mass is 9.92. The lowest BCUT2D eigenvalue weighted by Crippen LogP contribution is -2.43. The molecule has 4 nitrogen and oxygen atoms in total. The summed E-state index contributed by atoms with van der Waals surface area (Å²) in [7, 11) is 0. The first-order valence-corrected chi connectivity index (χ1v) is 8.34. The number of aliphatic hydroxyl groups is 1. The number of aryl methyl sites for hydroxylation is 1. The van der Waals surface area contributed by atoms with Gasteiger partial charge in [-0.1, -0.05) is 36.4 Å². The predicted octanol–water partition coefficient (Wildman–Crippen LogP) is 2.80. The topological polar surface area (TPSA) is 50.1 Å². The predicted molar refractivity (Wildman–Crippen MR) is 93.9 cm³/mol. The van der Waals surface area contributed by atoms with Crippen molar-refractivity contribution in [3.63, 3.8) is 0 Å². The maximum Gasteiger partial charge on any atom is 0.0677 e. The summed E-state index contributed by atoms with van der Waals surface area (Å²) < 4.78 is 1.85. The Kier molecular flexibility index (Phi) is 3.92. The van der Waals surface area contributed by atoms with Crippen molar-refractivity contribution >= 4 is 0 Å². The molecule has 1 aromatic heterocycles. The molecule has 122 valence electrons. The van der Waals surface area contributed by atoms with Crippen LogP contribution in [0.5, 0.6) is 0 Å². The van der Waals surface area contributed by atoms with Crippen LogP contribution in [-0.4, -0.2) is 21.5 Å². The van der Waals surface area contributed by atoms with E-state index < -0.39 is 0 Å². The number of hydrogen-bond donors (Lipinski definition) is 2. The molecule has 0 aliphatic heterocycles. The Labute approximate surface area is 141 Å². The van der Waals surface area contributed by atoms with Crippen LogP contribution in [0.2, 0.25) is 0 Å². The smallest absolute Gasteiger partial charge is 0.0677 e. The van der Waals surface area contributed by atoms with Crippen molar-refractivity contribution in [3.8, 4) is 5.69 Å². The Morgan fingerprint density at radius 3 is 2.67 bits per heavy atom. The number of rotatable bonds is 5. The van der Waals surface area contributed by atoms with Crippen LogP contribution < -0.4 is 5.32 Å². The Morgan fingerprint density at radius 2 is 1.92 bits per heavy atom. The van der Waals surface area contributed by atoms with Crippen molar-refractivity contribution in [3.05, 3.63) is 83.7 Å². The van der Waals surface area contributed by atoms with Crippen molar-refractivity contribution in [2.45, 2.75) is 24.9 Å². The zero-order valence-electron chi connectivity index (χ0n) is 13.5. The lowest BCUT2D eigenvalue weighted by molar-refractivity contribution is 0.159. The maximum absolute atomic E-state index is 10.0. The average molecular weight is 319 g/mol. The maximum atomic E-state index is 10.0. The highest BCUT2D eigenvalue weighted by molar-refractivity contribution is 5.39. The fourth-order valence-electron chi connectivity index (χ4n) is 3.55. The minimum atomic E-state index is -0.322. The molecular weight excluding hydrogens is 298 g/mol. The van der Waals surface area contributed by atoms with Gasteiger partial charge < -0.3 is 10.4 Å². The van der Waals surface area contributed by atoms with E-state index in [9.17, 15) is 5.11 Å². The van der Waals surface area contributed by atoms with Crippen LogP contribution in [0.25, 0.3) is 5.69 Å². The molecule has 1 unspecified atom stereocenters. The fraction of sp³-hybridized carbons (Fsp3) is 0.250. The van der Waals surface area contributed by atoms with Gasteiger partial charge in [0.25, 0.3) is 0 Å². The molecule has 1 aliphatic carbocycles. The Bertz CT molecular complexity index is 811. The first kappa shape index (κ1) is 15.1. The molecule has 1 heterocycles. The van der Waals surface area contributed by atoms with Gasteiger partial charge in [0.1, 0.15) is 0 Å². The number of hydrogen-bond acceptors (Lipinski definition) is 3. The Morgan fingerprint density at radius 1 is 1.08 bits per heavy atom. The minimum Gasteiger partial charge on any atom is -0.394 e. The van der Waals surface area contributed by atoms with Gasteiger partial charge in [-0.2, -0.15) is 5.10 Å². The van der Waals surface area contributed by atoms with Gasteiger partial charge in [0.15, 0.2) is 0 Å². The van der Waals surface area contributed by atoms with E-state index in [1.54, 1.807) is 6.20 Å². The van der Waals surface area contributed by atoms with E-state index in [2.05, 4.69) is 58.9 Å². The van der Waals surface area contributed by atoms with Gasteiger partial charge in [0.05, 0.1) is 17.8 Å². The number of aliphatic hydroxyl groups excluding tert-OH is 1. The molecule has 0 radical (unpaired) electrons. The molecule has 0 spiro atoms. The molecule has 24 heavy (non-hydrogen) atoms. The molecule has 0 fully saturated rings. The first-order chi connectivity index (χ1) is 11.8. The van der Waals surface area contributed by atoms with Gasteiger partial charge in [0, 0.05) is 18.9 Å². The van der Waals surface area contributed by atoms with Gasteiger partial charge in [-0.3, -0.25) is 0 Å². The van der Waals surface area contributed by atoms with Gasteiger partial charge >= 0.3 is 0 Å². The van der Waals surface area contributed by atoms with E-state index in [1.165, 1.54) is 16.7 Å². The largest absolute Gasteiger partial charge is 0.394 e. The van der Waals surface area contributed by atoms with Crippen LogP contribution in [-0.2, 0) is 18.5 Å². The summed E-state index contributed by atoms with van der Waals surface area (Å²) in [5.74, 6) is 0. The zero-order chi connectivity index (χ0) is 16.4. The second kappa shape index (κ2) is 6.23. The average Bonchev–Trinajstić information content (AvgIpc) is 3.29. The fourth-order valence-corrected chi connectivity index (χ4v) is 3.55. The van der Waals surface area contributed by atoms with E-state index in [-0.39, 0.29) is 12.1 Å². The van der Waals surface area contributed by atoms with Gasteiger partial charge in [-0.15, -0.1) is 0 Å². The van der Waals surface area contributed by atoms with E-state index in [1.807, 2.05) is 16.9 Å². The highest BCUT2D eigenvalue weighted by atomic mass is 16.3. The molecule has 1 atom stereocenters. The summed E-state index contributed by atoms with van der Waals surface area (Å²) in [6.45, 7) is 0.851. The molecule has 1 aliphatic rings. The third-order valence-corrected chi connectivity index (χ3v) is 4.96. The normalized spacial score (nSPS) is 19.4. The molecule has 2 aromatic carbocycles. The molecule has 0 saturated heterocycles. The molecular formula is C20H21N3O. The summed E-state index contributed by atoms with van der Waals surface area (Å²) in [5.41, 5.74) is 4.50. The first-order valence-electron chi connectivity index (χ1n) is 8.34. The Hall–Kier alpha value is -2.43. The van der Waals surface area contributed by atoms with E-state index in [0.717, 1.165) is 25.1 Å².